The standard InChI is InChI=1S/C16H18N4O/c21-20-16(13(10-19-20)11-5-7-17-8-6-11)14-9-18-15-4-2-1-3-12(14)15/h1-4,9-11,17-18,21H,5-8H2. The second-order valence-electron chi connectivity index (χ2n) is 5.61. The van der Waals surface area contributed by atoms with E-state index in [0.29, 0.717) is 5.92 Å². The molecule has 5 nitrogen and oxygen atoms in total. The average molecular weight is 282 g/mol. The van der Waals surface area contributed by atoms with Crippen molar-refractivity contribution in [3.05, 3.63) is 42.2 Å². The molecule has 1 aliphatic heterocycles. The van der Waals surface area contributed by atoms with Gasteiger partial charge in [-0.05, 0) is 37.9 Å². The zero-order valence-corrected chi connectivity index (χ0v) is 11.7. The number of hydrogen-bond donors (Lipinski definition) is 3. The first-order chi connectivity index (χ1) is 10.3. The van der Waals surface area contributed by atoms with Crippen molar-refractivity contribution in [3.63, 3.8) is 0 Å². The Bertz CT molecular complexity index is 768. The summed E-state index contributed by atoms with van der Waals surface area (Å²) in [5, 5.41) is 18.8. The van der Waals surface area contributed by atoms with E-state index in [-0.39, 0.29) is 0 Å². The maximum absolute atomic E-state index is 10.2. The van der Waals surface area contributed by atoms with Crippen molar-refractivity contribution in [3.8, 4) is 11.3 Å². The molecule has 0 aliphatic carbocycles. The molecule has 4 rings (SSSR count). The minimum Gasteiger partial charge on any atom is -0.411 e. The topological polar surface area (TPSA) is 65.9 Å². The highest BCUT2D eigenvalue weighted by atomic mass is 16.5. The molecule has 3 aromatic rings. The van der Waals surface area contributed by atoms with Gasteiger partial charge < -0.3 is 15.5 Å². The fraction of sp³-hybridized carbons (Fsp3) is 0.312. The molecule has 0 amide bonds. The van der Waals surface area contributed by atoms with Crippen LogP contribution in [0.5, 0.6) is 0 Å². The summed E-state index contributed by atoms with van der Waals surface area (Å²) < 4.78 is 0. The van der Waals surface area contributed by atoms with Gasteiger partial charge >= 0.3 is 0 Å². The molecule has 3 heterocycles. The van der Waals surface area contributed by atoms with Crippen LogP contribution in [0.3, 0.4) is 0 Å². The van der Waals surface area contributed by atoms with Crippen molar-refractivity contribution in [1.29, 1.82) is 0 Å². The molecule has 1 aromatic carbocycles. The lowest BCUT2D eigenvalue weighted by Crippen LogP contribution is -2.26. The number of benzene rings is 1. The van der Waals surface area contributed by atoms with E-state index in [9.17, 15) is 5.21 Å². The van der Waals surface area contributed by atoms with Crippen LogP contribution >= 0.6 is 0 Å². The quantitative estimate of drug-likeness (QED) is 0.633. The number of para-hydroxylation sites is 1. The van der Waals surface area contributed by atoms with Crippen LogP contribution in [0.2, 0.25) is 0 Å². The Labute approximate surface area is 122 Å². The molecule has 0 spiro atoms. The molecule has 21 heavy (non-hydrogen) atoms. The number of rotatable bonds is 2. The Hall–Kier alpha value is -2.27. The van der Waals surface area contributed by atoms with Crippen LogP contribution in [0.1, 0.15) is 24.3 Å². The summed E-state index contributed by atoms with van der Waals surface area (Å²) in [6.45, 7) is 2.04. The molecule has 0 unspecified atom stereocenters. The van der Waals surface area contributed by atoms with Crippen molar-refractivity contribution < 1.29 is 5.21 Å². The summed E-state index contributed by atoms with van der Waals surface area (Å²) in [5.41, 5.74) is 4.05. The number of hydrogen-bond acceptors (Lipinski definition) is 3. The second-order valence-corrected chi connectivity index (χ2v) is 5.61. The number of nitrogens with one attached hydrogen (secondary N) is 2. The largest absolute Gasteiger partial charge is 0.411 e. The highest BCUT2D eigenvalue weighted by molar-refractivity contribution is 5.95. The van der Waals surface area contributed by atoms with Gasteiger partial charge in [0.05, 0.1) is 6.20 Å². The molecular weight excluding hydrogens is 264 g/mol. The Morgan fingerprint density at radius 3 is 2.86 bits per heavy atom. The molecule has 0 atom stereocenters. The van der Waals surface area contributed by atoms with Crippen LogP contribution in [0.25, 0.3) is 22.2 Å². The van der Waals surface area contributed by atoms with Crippen LogP contribution in [0.15, 0.2) is 36.7 Å². The van der Waals surface area contributed by atoms with Crippen LogP contribution in [0.4, 0.5) is 0 Å². The van der Waals surface area contributed by atoms with E-state index in [1.165, 1.54) is 0 Å². The minimum absolute atomic E-state index is 0.454. The van der Waals surface area contributed by atoms with Gasteiger partial charge in [0.25, 0.3) is 0 Å². The Morgan fingerprint density at radius 1 is 1.19 bits per heavy atom. The van der Waals surface area contributed by atoms with Crippen LogP contribution in [0, 0.1) is 0 Å². The van der Waals surface area contributed by atoms with Gasteiger partial charge in [-0.1, -0.05) is 18.2 Å². The van der Waals surface area contributed by atoms with Crippen molar-refractivity contribution in [2.45, 2.75) is 18.8 Å². The van der Waals surface area contributed by atoms with Gasteiger partial charge in [0.2, 0.25) is 0 Å². The van der Waals surface area contributed by atoms with Gasteiger partial charge in [-0.3, -0.25) is 0 Å². The zero-order valence-electron chi connectivity index (χ0n) is 11.7. The number of aromatic amines is 1. The lowest BCUT2D eigenvalue weighted by molar-refractivity contribution is 0.153. The molecule has 0 radical (unpaired) electrons. The van der Waals surface area contributed by atoms with Gasteiger partial charge in [-0.2, -0.15) is 0 Å². The monoisotopic (exact) mass is 282 g/mol. The number of aromatic nitrogens is 3. The number of H-pyrrole nitrogens is 1. The maximum atomic E-state index is 10.2. The Morgan fingerprint density at radius 2 is 2.00 bits per heavy atom. The molecule has 3 N–H and O–H groups in total. The summed E-state index contributed by atoms with van der Waals surface area (Å²) >= 11 is 0. The van der Waals surface area contributed by atoms with Crippen molar-refractivity contribution in [2.24, 2.45) is 0 Å². The van der Waals surface area contributed by atoms with Crippen LogP contribution in [-0.2, 0) is 0 Å². The van der Waals surface area contributed by atoms with Gasteiger partial charge in [0.1, 0.15) is 5.69 Å². The first-order valence-electron chi connectivity index (χ1n) is 7.39. The molecule has 1 saturated heterocycles. The molecule has 108 valence electrons. The molecule has 1 fully saturated rings. The number of fused-ring (bicyclic) bond motifs is 1. The van der Waals surface area contributed by atoms with E-state index < -0.39 is 0 Å². The summed E-state index contributed by atoms with van der Waals surface area (Å²) in [5.74, 6) is 0.454. The number of piperidine rings is 1. The van der Waals surface area contributed by atoms with Crippen molar-refractivity contribution in [1.82, 2.24) is 20.2 Å². The molecule has 0 bridgehead atoms. The lowest BCUT2D eigenvalue weighted by atomic mass is 9.89. The summed E-state index contributed by atoms with van der Waals surface area (Å²) in [7, 11) is 0. The van der Waals surface area contributed by atoms with Crippen LogP contribution in [-0.4, -0.2) is 33.2 Å². The van der Waals surface area contributed by atoms with E-state index in [1.54, 1.807) is 0 Å². The molecule has 2 aromatic heterocycles. The third-order valence-corrected chi connectivity index (χ3v) is 4.40. The van der Waals surface area contributed by atoms with Crippen molar-refractivity contribution in [2.75, 3.05) is 13.1 Å². The summed E-state index contributed by atoms with van der Waals surface area (Å²) in [6.07, 6.45) is 5.94. The maximum Gasteiger partial charge on any atom is 0.115 e. The van der Waals surface area contributed by atoms with E-state index >= 15 is 0 Å². The zero-order chi connectivity index (χ0) is 14.2. The summed E-state index contributed by atoms with van der Waals surface area (Å²) in [4.78, 5) is 4.29. The Kier molecular flexibility index (Phi) is 2.93. The normalized spacial score (nSPS) is 16.6. The summed E-state index contributed by atoms with van der Waals surface area (Å²) in [6, 6.07) is 8.13. The molecular formula is C16H18N4O. The number of nitrogens with zero attached hydrogens (tertiary/aromatic N) is 2. The SMILES string of the molecule is On1ncc(C2CCNCC2)c1-c1c[nH]c2ccccc12. The third kappa shape index (κ3) is 2.01. The predicted molar refractivity (Wildman–Crippen MR) is 81.5 cm³/mol. The Balaban J connectivity index is 1.86. The van der Waals surface area contributed by atoms with Gasteiger partial charge in [-0.15, -0.1) is 9.94 Å². The van der Waals surface area contributed by atoms with Gasteiger partial charge in [0.15, 0.2) is 0 Å². The fourth-order valence-corrected chi connectivity index (χ4v) is 3.31. The first-order valence-corrected chi connectivity index (χ1v) is 7.39. The molecule has 5 heteroatoms. The predicted octanol–water partition coefficient (Wildman–Crippen LogP) is 2.74. The third-order valence-electron chi connectivity index (χ3n) is 4.40. The first kappa shape index (κ1) is 12.5. The highest BCUT2D eigenvalue weighted by Crippen LogP contribution is 2.36. The van der Waals surface area contributed by atoms with E-state index in [4.69, 9.17) is 0 Å². The van der Waals surface area contributed by atoms with E-state index in [1.807, 2.05) is 30.6 Å². The second kappa shape index (κ2) is 4.93. The highest BCUT2D eigenvalue weighted by Gasteiger charge is 2.24. The lowest BCUT2D eigenvalue weighted by Gasteiger charge is -2.22. The van der Waals surface area contributed by atoms with Crippen LogP contribution < -0.4 is 5.32 Å². The van der Waals surface area contributed by atoms with Gasteiger partial charge in [-0.25, -0.2) is 0 Å². The average Bonchev–Trinajstić information content (AvgIpc) is 3.11. The van der Waals surface area contributed by atoms with E-state index in [2.05, 4.69) is 21.5 Å². The fourth-order valence-electron chi connectivity index (χ4n) is 3.31. The molecule has 1 aliphatic rings. The minimum atomic E-state index is 0.454. The smallest absolute Gasteiger partial charge is 0.115 e. The molecule has 0 saturated carbocycles. The van der Waals surface area contributed by atoms with E-state index in [0.717, 1.165) is 58.5 Å². The van der Waals surface area contributed by atoms with Gasteiger partial charge in [0, 0.05) is 28.2 Å². The van der Waals surface area contributed by atoms with Crippen molar-refractivity contribution >= 4 is 10.9 Å².